The monoisotopic (exact) mass is 322 g/mol. The molecule has 0 saturated carbocycles. The Morgan fingerprint density at radius 1 is 1.62 bits per heavy atom. The van der Waals surface area contributed by atoms with Gasteiger partial charge in [-0.05, 0) is 6.92 Å². The number of H-pyrrole nitrogens is 1. The van der Waals surface area contributed by atoms with Crippen molar-refractivity contribution in [3.8, 4) is 0 Å². The van der Waals surface area contributed by atoms with E-state index < -0.39 is 38.6 Å². The lowest BCUT2D eigenvalue weighted by atomic mass is 10.2. The molecule has 2 heterocycles. The Morgan fingerprint density at radius 3 is 2.90 bits per heavy atom. The molecule has 11 heteroatoms. The molecule has 1 saturated heterocycles. The third kappa shape index (κ3) is 3.88. The predicted molar refractivity (Wildman–Crippen MR) is 68.9 cm³/mol. The quantitative estimate of drug-likeness (QED) is 0.324. The number of nitrogens with two attached hydrogens (primary N) is 1. The fourth-order valence-electron chi connectivity index (χ4n) is 2.04. The van der Waals surface area contributed by atoms with Gasteiger partial charge < -0.3 is 25.4 Å². The van der Waals surface area contributed by atoms with Gasteiger partial charge in [-0.2, -0.15) is 14.3 Å². The van der Waals surface area contributed by atoms with E-state index in [1.54, 1.807) is 6.92 Å². The summed E-state index contributed by atoms with van der Waals surface area (Å²) < 4.78 is 21.6. The van der Waals surface area contributed by atoms with Crippen molar-refractivity contribution in [3.05, 3.63) is 22.2 Å². The number of aromatic amines is 1. The van der Waals surface area contributed by atoms with E-state index in [0.29, 0.717) is 5.56 Å². The average Bonchev–Trinajstić information content (AvgIpc) is 2.72. The van der Waals surface area contributed by atoms with Crippen molar-refractivity contribution >= 4 is 13.6 Å². The van der Waals surface area contributed by atoms with Crippen molar-refractivity contribution in [2.24, 2.45) is 0 Å². The lowest BCUT2D eigenvalue weighted by Gasteiger charge is -2.14. The molecule has 0 bridgehead atoms. The lowest BCUT2D eigenvalue weighted by Crippen LogP contribution is -2.55. The standard InChI is InChI=1S/C10H16N3O7P/c1-5-3-13(10(15)12-9(5)11)8-2-6(14)7(20-8)4-19-21(16,17)18/h3,6-8,14H,2,4H2,1H3,(H4,11,12,15,16,17,18)/p+1/t6-,7+,8+/m0/s1. The summed E-state index contributed by atoms with van der Waals surface area (Å²) in [6.07, 6.45) is -1.14. The maximum absolute atomic E-state index is 11.8. The topological polar surface area (TPSA) is 159 Å². The number of aliphatic hydroxyl groups excluding tert-OH is 1. The van der Waals surface area contributed by atoms with Crippen LogP contribution in [0.1, 0.15) is 18.2 Å². The van der Waals surface area contributed by atoms with Crippen LogP contribution in [0.3, 0.4) is 0 Å². The van der Waals surface area contributed by atoms with Crippen LogP contribution in [0.4, 0.5) is 5.82 Å². The third-order valence-corrected chi connectivity index (χ3v) is 3.64. The summed E-state index contributed by atoms with van der Waals surface area (Å²) in [7, 11) is -4.64. The van der Waals surface area contributed by atoms with Crippen LogP contribution >= 0.6 is 7.82 Å². The number of nitrogen functional groups attached to an aromatic ring is 1. The molecule has 0 unspecified atom stereocenters. The van der Waals surface area contributed by atoms with Gasteiger partial charge in [0.25, 0.3) is 0 Å². The van der Waals surface area contributed by atoms with Crippen molar-refractivity contribution in [1.82, 2.24) is 4.98 Å². The highest BCUT2D eigenvalue weighted by Gasteiger charge is 2.39. The van der Waals surface area contributed by atoms with Gasteiger partial charge in [0.1, 0.15) is 12.3 Å². The second-order valence-corrected chi connectivity index (χ2v) is 6.02. The molecule has 0 spiro atoms. The van der Waals surface area contributed by atoms with Crippen molar-refractivity contribution < 1.29 is 33.3 Å². The summed E-state index contributed by atoms with van der Waals surface area (Å²) in [5.74, 6) is 0.233. The van der Waals surface area contributed by atoms with E-state index in [0.717, 1.165) is 0 Å². The number of nitrogens with zero attached hydrogens (tertiary/aromatic N) is 1. The minimum Gasteiger partial charge on any atom is -0.390 e. The molecule has 1 aromatic rings. The van der Waals surface area contributed by atoms with Gasteiger partial charge in [-0.1, -0.05) is 0 Å². The van der Waals surface area contributed by atoms with Crippen LogP contribution in [0, 0.1) is 6.92 Å². The molecule has 1 fully saturated rings. The Morgan fingerprint density at radius 2 is 2.29 bits per heavy atom. The van der Waals surface area contributed by atoms with E-state index in [2.05, 4.69) is 9.51 Å². The lowest BCUT2D eigenvalue weighted by molar-refractivity contribution is -0.774. The van der Waals surface area contributed by atoms with Crippen LogP contribution in [0.5, 0.6) is 0 Å². The third-order valence-electron chi connectivity index (χ3n) is 3.16. The molecule has 2 rings (SSSR count). The van der Waals surface area contributed by atoms with Crippen LogP contribution in [0.2, 0.25) is 0 Å². The van der Waals surface area contributed by atoms with Crippen LogP contribution in [0.15, 0.2) is 11.0 Å². The molecule has 0 aromatic carbocycles. The summed E-state index contributed by atoms with van der Waals surface area (Å²) in [5.41, 5.74) is 5.69. The van der Waals surface area contributed by atoms with E-state index in [4.69, 9.17) is 20.3 Å². The Labute approximate surface area is 119 Å². The summed E-state index contributed by atoms with van der Waals surface area (Å²) in [4.78, 5) is 31.5. The van der Waals surface area contributed by atoms with Gasteiger partial charge >= 0.3 is 13.5 Å². The normalized spacial score (nSPS) is 26.2. The Kier molecular flexibility index (Phi) is 4.47. The highest BCUT2D eigenvalue weighted by molar-refractivity contribution is 7.46. The first-order valence-corrected chi connectivity index (χ1v) is 7.64. The molecule has 0 radical (unpaired) electrons. The minimum absolute atomic E-state index is 0.0896. The first kappa shape index (κ1) is 16.1. The first-order chi connectivity index (χ1) is 9.67. The molecular formula is C10H17N3O7P+. The number of phosphoric ester groups is 1. The van der Waals surface area contributed by atoms with Crippen molar-refractivity contribution in [3.63, 3.8) is 0 Å². The van der Waals surface area contributed by atoms with Gasteiger partial charge in [0.15, 0.2) is 5.82 Å². The fraction of sp³-hybridized carbons (Fsp3) is 0.600. The zero-order valence-corrected chi connectivity index (χ0v) is 12.1. The predicted octanol–water partition coefficient (Wildman–Crippen LogP) is -1.69. The zero-order chi connectivity index (χ0) is 15.8. The number of aromatic nitrogens is 2. The maximum Gasteiger partial charge on any atom is 0.499 e. The van der Waals surface area contributed by atoms with E-state index in [1.807, 2.05) is 0 Å². The van der Waals surface area contributed by atoms with E-state index >= 15 is 0 Å². The van der Waals surface area contributed by atoms with Crippen LogP contribution in [-0.4, -0.2) is 38.7 Å². The highest BCUT2D eigenvalue weighted by Crippen LogP contribution is 2.37. The minimum atomic E-state index is -4.64. The van der Waals surface area contributed by atoms with Gasteiger partial charge in [0.2, 0.25) is 6.23 Å². The molecule has 118 valence electrons. The molecule has 1 aliphatic rings. The molecule has 3 atom stereocenters. The second kappa shape index (κ2) is 5.84. The molecule has 1 aliphatic heterocycles. The second-order valence-electron chi connectivity index (χ2n) is 4.78. The number of anilines is 1. The number of nitrogens with one attached hydrogen (secondary N) is 1. The Balaban J connectivity index is 2.12. The summed E-state index contributed by atoms with van der Waals surface area (Å²) in [6.45, 7) is 1.22. The number of phosphoric acid groups is 1. The molecule has 10 nitrogen and oxygen atoms in total. The van der Waals surface area contributed by atoms with Gasteiger partial charge in [0, 0.05) is 6.42 Å². The average molecular weight is 322 g/mol. The smallest absolute Gasteiger partial charge is 0.390 e. The molecule has 0 aliphatic carbocycles. The molecule has 0 amide bonds. The molecule has 6 N–H and O–H groups in total. The highest BCUT2D eigenvalue weighted by atomic mass is 31.2. The Hall–Kier alpha value is -1.29. The van der Waals surface area contributed by atoms with Gasteiger partial charge in [-0.15, -0.1) is 0 Å². The molecule has 1 aromatic heterocycles. The summed E-state index contributed by atoms with van der Waals surface area (Å²) in [5, 5.41) is 9.82. The fourth-order valence-corrected chi connectivity index (χ4v) is 2.38. The number of hydrogen-bond donors (Lipinski definition) is 5. The summed E-state index contributed by atoms with van der Waals surface area (Å²) >= 11 is 0. The van der Waals surface area contributed by atoms with Crippen LogP contribution in [0.25, 0.3) is 0 Å². The number of hydrogen-bond acceptors (Lipinski definition) is 6. The van der Waals surface area contributed by atoms with Crippen LogP contribution in [-0.2, 0) is 13.8 Å². The molecular weight excluding hydrogens is 305 g/mol. The van der Waals surface area contributed by atoms with E-state index in [9.17, 15) is 14.5 Å². The zero-order valence-electron chi connectivity index (χ0n) is 11.2. The van der Waals surface area contributed by atoms with E-state index in [-0.39, 0.29) is 12.2 Å². The maximum atomic E-state index is 11.8. The SMILES string of the molecule is Cc1c[n+]([C@H]2C[C@H](O)[C@@H](COP(=O)(O)O)O2)c(=O)[nH]c1N. The van der Waals surface area contributed by atoms with Gasteiger partial charge in [-0.3, -0.25) is 4.52 Å². The number of aryl methyl sites for hydroxylation is 1. The van der Waals surface area contributed by atoms with Crippen LogP contribution < -0.4 is 16.0 Å². The number of rotatable bonds is 4. The van der Waals surface area contributed by atoms with Crippen molar-refractivity contribution in [2.75, 3.05) is 12.3 Å². The van der Waals surface area contributed by atoms with E-state index in [1.165, 1.54) is 10.8 Å². The first-order valence-electron chi connectivity index (χ1n) is 6.11. The van der Waals surface area contributed by atoms with Gasteiger partial charge in [-0.25, -0.2) is 4.57 Å². The van der Waals surface area contributed by atoms with Crippen molar-refractivity contribution in [1.29, 1.82) is 0 Å². The Bertz CT molecular complexity index is 628. The number of aliphatic hydroxyl groups is 1. The number of ether oxygens (including phenoxy) is 1. The summed E-state index contributed by atoms with van der Waals surface area (Å²) in [6, 6.07) is 0. The van der Waals surface area contributed by atoms with Crippen molar-refractivity contribution in [2.45, 2.75) is 31.8 Å². The van der Waals surface area contributed by atoms with Gasteiger partial charge in [0.05, 0.1) is 18.3 Å². The molecule has 21 heavy (non-hydrogen) atoms. The largest absolute Gasteiger partial charge is 0.499 e.